The second-order valence-electron chi connectivity index (χ2n) is 9.62. The van der Waals surface area contributed by atoms with Crippen molar-refractivity contribution in [2.45, 2.75) is 89.9 Å². The summed E-state index contributed by atoms with van der Waals surface area (Å²) in [7, 11) is 0. The van der Waals surface area contributed by atoms with Gasteiger partial charge < -0.3 is 5.11 Å². The first-order valence-electron chi connectivity index (χ1n) is 10.5. The Morgan fingerprint density at radius 2 is 1.65 bits per heavy atom. The Labute approximate surface area is 160 Å². The van der Waals surface area contributed by atoms with Crippen molar-refractivity contribution in [2.24, 2.45) is 0 Å². The van der Waals surface area contributed by atoms with E-state index in [1.54, 1.807) is 0 Å². The molecule has 1 heterocycles. The van der Waals surface area contributed by atoms with Gasteiger partial charge in [-0.1, -0.05) is 38.1 Å². The minimum Gasteiger partial charge on any atom is -0.393 e. The number of rotatable bonds is 3. The van der Waals surface area contributed by atoms with Crippen LogP contribution in [0.1, 0.15) is 83.4 Å². The molecule has 0 spiro atoms. The van der Waals surface area contributed by atoms with Gasteiger partial charge in [0.1, 0.15) is 0 Å². The lowest BCUT2D eigenvalue weighted by Gasteiger charge is -2.51. The third kappa shape index (κ3) is 4.32. The molecule has 0 aromatic heterocycles. The normalized spacial score (nSPS) is 29.3. The van der Waals surface area contributed by atoms with E-state index in [0.29, 0.717) is 18.0 Å². The minimum absolute atomic E-state index is 0.0698. The second kappa shape index (κ2) is 8.00. The van der Waals surface area contributed by atoms with Crippen molar-refractivity contribution in [3.05, 3.63) is 35.4 Å². The van der Waals surface area contributed by atoms with Gasteiger partial charge in [0.25, 0.3) is 0 Å². The highest BCUT2D eigenvalue weighted by Crippen LogP contribution is 2.37. The molecule has 0 amide bonds. The number of nitrogens with zero attached hydrogens (tertiary/aromatic N) is 2. The summed E-state index contributed by atoms with van der Waals surface area (Å²) in [6, 6.07) is 10.2. The molecule has 26 heavy (non-hydrogen) atoms. The lowest BCUT2D eigenvalue weighted by atomic mass is 9.86. The Morgan fingerprint density at radius 1 is 1.00 bits per heavy atom. The van der Waals surface area contributed by atoms with E-state index in [2.05, 4.69) is 68.7 Å². The van der Waals surface area contributed by atoms with E-state index < -0.39 is 0 Å². The van der Waals surface area contributed by atoms with E-state index in [0.717, 1.165) is 45.3 Å². The van der Waals surface area contributed by atoms with Crippen LogP contribution in [0.3, 0.4) is 0 Å². The van der Waals surface area contributed by atoms with Crippen LogP contribution in [-0.2, 0) is 0 Å². The SMILES string of the molecule is CC(C)c1ccccc1C1CN(C2CCC(O)CC2)CCN1C(C)(C)C. The molecule has 1 N–H and O–H groups in total. The fraction of sp³-hybridized carbons (Fsp3) is 0.739. The molecule has 0 radical (unpaired) electrons. The molecule has 2 fully saturated rings. The highest BCUT2D eigenvalue weighted by Gasteiger charge is 2.38. The quantitative estimate of drug-likeness (QED) is 0.857. The van der Waals surface area contributed by atoms with E-state index in [1.807, 2.05) is 0 Å². The first kappa shape index (κ1) is 19.9. The number of hydrogen-bond acceptors (Lipinski definition) is 3. The molecule has 3 nitrogen and oxygen atoms in total. The van der Waals surface area contributed by atoms with Crippen molar-refractivity contribution in [3.63, 3.8) is 0 Å². The standard InChI is InChI=1S/C23H38N2O/c1-17(2)20-8-6-7-9-21(20)22-16-24(14-15-25(22)23(3,4)5)18-10-12-19(26)13-11-18/h6-9,17-19,22,26H,10-16H2,1-5H3. The fourth-order valence-electron chi connectivity index (χ4n) is 4.97. The Kier molecular flexibility index (Phi) is 6.11. The number of hydrogen-bond donors (Lipinski definition) is 1. The molecule has 3 rings (SSSR count). The summed E-state index contributed by atoms with van der Waals surface area (Å²) in [5.74, 6) is 0.549. The van der Waals surface area contributed by atoms with Gasteiger partial charge in [-0.15, -0.1) is 0 Å². The Bertz CT molecular complexity index is 584. The van der Waals surface area contributed by atoms with Gasteiger partial charge in [-0.3, -0.25) is 9.80 Å². The van der Waals surface area contributed by atoms with Crippen molar-refractivity contribution < 1.29 is 5.11 Å². The van der Waals surface area contributed by atoms with Gasteiger partial charge in [-0.25, -0.2) is 0 Å². The van der Waals surface area contributed by atoms with Crippen molar-refractivity contribution in [1.29, 1.82) is 0 Å². The Balaban J connectivity index is 1.87. The lowest BCUT2D eigenvalue weighted by Crippen LogP contribution is -2.57. The average Bonchev–Trinajstić information content (AvgIpc) is 2.61. The zero-order valence-corrected chi connectivity index (χ0v) is 17.4. The van der Waals surface area contributed by atoms with Gasteiger partial charge in [0, 0.05) is 37.3 Å². The van der Waals surface area contributed by atoms with Gasteiger partial charge in [-0.2, -0.15) is 0 Å². The number of benzene rings is 1. The van der Waals surface area contributed by atoms with Crippen LogP contribution in [0.2, 0.25) is 0 Å². The summed E-state index contributed by atoms with van der Waals surface area (Å²) in [6.07, 6.45) is 4.17. The molecule has 1 saturated heterocycles. The third-order valence-electron chi connectivity index (χ3n) is 6.43. The molecule has 3 heteroatoms. The molecule has 1 unspecified atom stereocenters. The molecule has 1 aromatic carbocycles. The molecular formula is C23H38N2O. The smallest absolute Gasteiger partial charge is 0.0541 e. The van der Waals surface area contributed by atoms with Crippen LogP contribution in [0.5, 0.6) is 0 Å². The average molecular weight is 359 g/mol. The Hall–Kier alpha value is -0.900. The first-order valence-corrected chi connectivity index (χ1v) is 10.5. The first-order chi connectivity index (χ1) is 12.3. The van der Waals surface area contributed by atoms with Crippen LogP contribution in [0.15, 0.2) is 24.3 Å². The van der Waals surface area contributed by atoms with Crippen LogP contribution in [0.25, 0.3) is 0 Å². The predicted octanol–water partition coefficient (Wildman–Crippen LogP) is 4.57. The largest absolute Gasteiger partial charge is 0.393 e. The van der Waals surface area contributed by atoms with E-state index in [9.17, 15) is 5.11 Å². The molecule has 2 aliphatic rings. The monoisotopic (exact) mass is 358 g/mol. The number of aliphatic hydroxyl groups excluding tert-OH is 1. The maximum absolute atomic E-state index is 9.87. The topological polar surface area (TPSA) is 26.7 Å². The predicted molar refractivity (Wildman–Crippen MR) is 110 cm³/mol. The van der Waals surface area contributed by atoms with Crippen molar-refractivity contribution in [1.82, 2.24) is 9.80 Å². The van der Waals surface area contributed by atoms with Gasteiger partial charge in [0.15, 0.2) is 0 Å². The van der Waals surface area contributed by atoms with E-state index >= 15 is 0 Å². The number of aliphatic hydroxyl groups is 1. The molecule has 1 aromatic rings. The summed E-state index contributed by atoms with van der Waals surface area (Å²) in [4.78, 5) is 5.43. The van der Waals surface area contributed by atoms with Crippen LogP contribution < -0.4 is 0 Å². The van der Waals surface area contributed by atoms with E-state index in [-0.39, 0.29) is 11.6 Å². The van der Waals surface area contributed by atoms with Crippen LogP contribution >= 0.6 is 0 Å². The molecule has 1 aliphatic heterocycles. The van der Waals surface area contributed by atoms with Gasteiger partial charge in [0.2, 0.25) is 0 Å². The molecule has 1 atom stereocenters. The number of piperazine rings is 1. The van der Waals surface area contributed by atoms with Crippen molar-refractivity contribution in [3.8, 4) is 0 Å². The van der Waals surface area contributed by atoms with Gasteiger partial charge in [-0.05, 0) is 63.5 Å². The minimum atomic E-state index is -0.0698. The zero-order valence-electron chi connectivity index (χ0n) is 17.4. The van der Waals surface area contributed by atoms with Crippen LogP contribution in [-0.4, -0.2) is 52.2 Å². The highest BCUT2D eigenvalue weighted by atomic mass is 16.3. The summed E-state index contributed by atoms with van der Waals surface area (Å²) >= 11 is 0. The van der Waals surface area contributed by atoms with Crippen molar-refractivity contribution in [2.75, 3.05) is 19.6 Å². The summed E-state index contributed by atoms with van der Waals surface area (Å²) in [6.45, 7) is 15.1. The second-order valence-corrected chi connectivity index (χ2v) is 9.62. The summed E-state index contributed by atoms with van der Waals surface area (Å²) in [5, 5.41) is 9.87. The molecule has 0 bridgehead atoms. The molecule has 1 saturated carbocycles. The maximum Gasteiger partial charge on any atom is 0.0541 e. The highest BCUT2D eigenvalue weighted by molar-refractivity contribution is 5.33. The summed E-state index contributed by atoms with van der Waals surface area (Å²) in [5.41, 5.74) is 3.18. The van der Waals surface area contributed by atoms with Crippen LogP contribution in [0, 0.1) is 0 Å². The maximum atomic E-state index is 9.87. The summed E-state index contributed by atoms with van der Waals surface area (Å²) < 4.78 is 0. The van der Waals surface area contributed by atoms with Gasteiger partial charge >= 0.3 is 0 Å². The molecule has 1 aliphatic carbocycles. The van der Waals surface area contributed by atoms with E-state index in [4.69, 9.17) is 0 Å². The van der Waals surface area contributed by atoms with Crippen molar-refractivity contribution >= 4 is 0 Å². The molecular weight excluding hydrogens is 320 g/mol. The lowest BCUT2D eigenvalue weighted by molar-refractivity contribution is -0.0213. The Morgan fingerprint density at radius 3 is 2.27 bits per heavy atom. The van der Waals surface area contributed by atoms with Crippen LogP contribution in [0.4, 0.5) is 0 Å². The third-order valence-corrected chi connectivity index (χ3v) is 6.43. The fourth-order valence-corrected chi connectivity index (χ4v) is 4.97. The zero-order chi connectivity index (χ0) is 18.9. The molecule has 146 valence electrons. The van der Waals surface area contributed by atoms with E-state index in [1.165, 1.54) is 11.1 Å². The van der Waals surface area contributed by atoms with Gasteiger partial charge in [0.05, 0.1) is 6.10 Å².